The molecule has 0 aliphatic rings. The van der Waals surface area contributed by atoms with Gasteiger partial charge >= 0.3 is 0 Å². The van der Waals surface area contributed by atoms with Gasteiger partial charge in [-0.05, 0) is 80.6 Å². The van der Waals surface area contributed by atoms with Gasteiger partial charge in [-0.25, -0.2) is 8.42 Å². The van der Waals surface area contributed by atoms with Crippen LogP contribution < -0.4 is 19.1 Å². The molecule has 0 aliphatic heterocycles. The molecule has 0 radical (unpaired) electrons. The second kappa shape index (κ2) is 15.5. The third kappa shape index (κ3) is 8.19. The first kappa shape index (κ1) is 32.8. The van der Waals surface area contributed by atoms with Crippen molar-refractivity contribution in [3.63, 3.8) is 0 Å². The van der Waals surface area contributed by atoms with E-state index in [0.29, 0.717) is 24.7 Å². The van der Waals surface area contributed by atoms with Crippen LogP contribution in [0, 0.1) is 0 Å². The quantitative estimate of drug-likeness (QED) is 0.242. The number of carbonyl (C=O) groups is 2. The molecule has 0 bridgehead atoms. The van der Waals surface area contributed by atoms with E-state index >= 15 is 0 Å². The highest BCUT2D eigenvalue weighted by atomic mass is 32.2. The molecule has 0 spiro atoms. The van der Waals surface area contributed by atoms with Crippen LogP contribution in [0.4, 0.5) is 5.69 Å². The molecule has 3 aromatic carbocycles. The summed E-state index contributed by atoms with van der Waals surface area (Å²) in [5, 5.41) is 2.84. The highest BCUT2D eigenvalue weighted by Gasteiger charge is 2.33. The van der Waals surface area contributed by atoms with E-state index in [1.165, 1.54) is 28.8 Å². The van der Waals surface area contributed by atoms with Crippen LogP contribution in [0.2, 0.25) is 0 Å². The predicted molar refractivity (Wildman–Crippen MR) is 167 cm³/mol. The molecule has 2 amide bonds. The Morgan fingerprint density at radius 2 is 1.64 bits per heavy atom. The fourth-order valence-electron chi connectivity index (χ4n) is 4.24. The summed E-state index contributed by atoms with van der Waals surface area (Å²) in [5.41, 5.74) is 0.991. The molecule has 0 aliphatic carbocycles. The molecule has 42 heavy (non-hydrogen) atoms. The Labute approximate surface area is 253 Å². The molecular formula is C31H39N3O6S2. The van der Waals surface area contributed by atoms with Crippen molar-refractivity contribution in [1.29, 1.82) is 0 Å². The summed E-state index contributed by atoms with van der Waals surface area (Å²) in [6.07, 6.45) is 2.64. The van der Waals surface area contributed by atoms with Crippen molar-refractivity contribution in [2.75, 3.05) is 37.4 Å². The number of hydrogen-bond donors (Lipinski definition) is 1. The van der Waals surface area contributed by atoms with Gasteiger partial charge in [-0.15, -0.1) is 11.8 Å². The number of carbonyl (C=O) groups excluding carboxylic acids is 2. The minimum Gasteiger partial charge on any atom is -0.497 e. The minimum absolute atomic E-state index is 0.0369. The zero-order valence-corrected chi connectivity index (χ0v) is 26.3. The van der Waals surface area contributed by atoms with Crippen LogP contribution >= 0.6 is 11.8 Å². The maximum absolute atomic E-state index is 14.1. The summed E-state index contributed by atoms with van der Waals surface area (Å²) in [5.74, 6) is 0.117. The van der Waals surface area contributed by atoms with Crippen LogP contribution in [0.25, 0.3) is 0 Å². The van der Waals surface area contributed by atoms with E-state index in [2.05, 4.69) is 5.32 Å². The van der Waals surface area contributed by atoms with Crippen molar-refractivity contribution in [1.82, 2.24) is 10.2 Å². The number of para-hydroxylation sites is 2. The molecule has 9 nitrogen and oxygen atoms in total. The van der Waals surface area contributed by atoms with Crippen molar-refractivity contribution in [3.8, 4) is 11.5 Å². The third-order valence-corrected chi connectivity index (χ3v) is 9.11. The van der Waals surface area contributed by atoms with E-state index in [-0.39, 0.29) is 23.0 Å². The fourth-order valence-corrected chi connectivity index (χ4v) is 6.07. The number of ether oxygens (including phenoxy) is 2. The Morgan fingerprint density at radius 1 is 0.976 bits per heavy atom. The molecule has 11 heteroatoms. The molecule has 3 aromatic rings. The average Bonchev–Trinajstić information content (AvgIpc) is 3.01. The lowest BCUT2D eigenvalue weighted by molar-refractivity contribution is -0.139. The highest BCUT2D eigenvalue weighted by molar-refractivity contribution is 7.98. The van der Waals surface area contributed by atoms with Crippen molar-refractivity contribution in [3.05, 3.63) is 78.4 Å². The number of hydrogen-bond acceptors (Lipinski definition) is 7. The summed E-state index contributed by atoms with van der Waals surface area (Å²) in [4.78, 5) is 29.5. The number of anilines is 1. The molecule has 0 aromatic heterocycles. The van der Waals surface area contributed by atoms with Gasteiger partial charge in [-0.2, -0.15) is 0 Å². The summed E-state index contributed by atoms with van der Waals surface area (Å²) in [6, 6.07) is 19.5. The number of sulfonamides is 1. The Bertz CT molecular complexity index is 1430. The lowest BCUT2D eigenvalue weighted by Gasteiger charge is -2.32. The maximum atomic E-state index is 14.1. The molecule has 1 N–H and O–H groups in total. The summed E-state index contributed by atoms with van der Waals surface area (Å²) >= 11 is 1.50. The summed E-state index contributed by atoms with van der Waals surface area (Å²) < 4.78 is 40.3. The van der Waals surface area contributed by atoms with Crippen LogP contribution in [0.15, 0.2) is 82.6 Å². The standard InChI is InChI=1S/C31H39N3O6S2/c1-6-20-32-31(36)23(3)33(21-24-12-14-25(39-4)15-13-24)30(35)22-34(28-10-8-9-11-29(28)40-7-2)42(37,38)27-18-16-26(41-5)17-19-27/h8-19,23H,6-7,20-22H2,1-5H3,(H,32,36). The Kier molecular flexibility index (Phi) is 12.1. The number of nitrogens with zero attached hydrogens (tertiary/aromatic N) is 2. The van der Waals surface area contributed by atoms with Crippen molar-refractivity contribution < 1.29 is 27.5 Å². The number of amides is 2. The zero-order chi connectivity index (χ0) is 30.7. The number of benzene rings is 3. The number of nitrogens with one attached hydrogen (secondary N) is 1. The number of thioether (sulfide) groups is 1. The smallest absolute Gasteiger partial charge is 0.264 e. The van der Waals surface area contributed by atoms with E-state index in [1.807, 2.05) is 25.3 Å². The molecule has 1 unspecified atom stereocenters. The lowest BCUT2D eigenvalue weighted by Crippen LogP contribution is -2.51. The summed E-state index contributed by atoms with van der Waals surface area (Å²) in [6.45, 7) is 5.69. The zero-order valence-electron chi connectivity index (χ0n) is 24.7. The lowest BCUT2D eigenvalue weighted by atomic mass is 10.1. The fraction of sp³-hybridized carbons (Fsp3) is 0.355. The van der Waals surface area contributed by atoms with Crippen LogP contribution in [0.1, 0.15) is 32.8 Å². The van der Waals surface area contributed by atoms with Gasteiger partial charge in [0.2, 0.25) is 11.8 Å². The highest BCUT2D eigenvalue weighted by Crippen LogP contribution is 2.33. The SMILES string of the molecule is CCCNC(=O)C(C)N(Cc1ccc(OC)cc1)C(=O)CN(c1ccccc1OCC)S(=O)(=O)c1ccc(SC)cc1. The summed E-state index contributed by atoms with van der Waals surface area (Å²) in [7, 11) is -2.65. The molecule has 0 saturated carbocycles. The Hall–Kier alpha value is -3.70. The minimum atomic E-state index is -4.21. The molecule has 3 rings (SSSR count). The van der Waals surface area contributed by atoms with Crippen LogP contribution in [-0.2, 0) is 26.2 Å². The first-order valence-corrected chi connectivity index (χ1v) is 16.4. The van der Waals surface area contributed by atoms with Gasteiger partial charge in [0.1, 0.15) is 24.1 Å². The van der Waals surface area contributed by atoms with Crippen LogP contribution in [0.5, 0.6) is 11.5 Å². The van der Waals surface area contributed by atoms with E-state index in [9.17, 15) is 18.0 Å². The van der Waals surface area contributed by atoms with Gasteiger partial charge in [0.15, 0.2) is 0 Å². The van der Waals surface area contributed by atoms with Crippen molar-refractivity contribution in [2.45, 2.75) is 49.6 Å². The monoisotopic (exact) mass is 613 g/mol. The first-order chi connectivity index (χ1) is 20.2. The largest absolute Gasteiger partial charge is 0.497 e. The second-order valence-corrected chi connectivity index (χ2v) is 12.2. The topological polar surface area (TPSA) is 105 Å². The normalized spacial score (nSPS) is 11.8. The molecule has 226 valence electrons. The van der Waals surface area contributed by atoms with Gasteiger partial charge < -0.3 is 19.7 Å². The Balaban J connectivity index is 2.06. The van der Waals surface area contributed by atoms with E-state index in [1.54, 1.807) is 69.5 Å². The van der Waals surface area contributed by atoms with Crippen LogP contribution in [0.3, 0.4) is 0 Å². The molecular weight excluding hydrogens is 574 g/mol. The average molecular weight is 614 g/mol. The van der Waals surface area contributed by atoms with E-state index in [0.717, 1.165) is 21.2 Å². The van der Waals surface area contributed by atoms with E-state index in [4.69, 9.17) is 9.47 Å². The molecule has 1 atom stereocenters. The Morgan fingerprint density at radius 3 is 2.24 bits per heavy atom. The van der Waals surface area contributed by atoms with Crippen molar-refractivity contribution in [2.24, 2.45) is 0 Å². The van der Waals surface area contributed by atoms with Crippen molar-refractivity contribution >= 4 is 39.3 Å². The van der Waals surface area contributed by atoms with Gasteiger partial charge in [0, 0.05) is 18.0 Å². The van der Waals surface area contributed by atoms with Gasteiger partial charge in [-0.1, -0.05) is 31.2 Å². The van der Waals surface area contributed by atoms with Gasteiger partial charge in [-0.3, -0.25) is 13.9 Å². The van der Waals surface area contributed by atoms with Gasteiger partial charge in [0.05, 0.1) is 24.3 Å². The molecule has 0 fully saturated rings. The second-order valence-electron chi connectivity index (χ2n) is 9.42. The predicted octanol–water partition coefficient (Wildman–Crippen LogP) is 4.95. The number of rotatable bonds is 15. The number of methoxy groups -OCH3 is 1. The molecule has 0 heterocycles. The van der Waals surface area contributed by atoms with Gasteiger partial charge in [0.25, 0.3) is 10.0 Å². The maximum Gasteiger partial charge on any atom is 0.264 e. The van der Waals surface area contributed by atoms with Crippen LogP contribution in [-0.4, -0.2) is 64.2 Å². The third-order valence-electron chi connectivity index (χ3n) is 6.59. The van der Waals surface area contributed by atoms with E-state index < -0.39 is 28.5 Å². The first-order valence-electron chi connectivity index (χ1n) is 13.7. The molecule has 0 saturated heterocycles.